The third-order valence-electron chi connectivity index (χ3n) is 7.32. The molecular formula is C27H32ClFN4O3. The zero-order chi connectivity index (χ0) is 25.5. The lowest BCUT2D eigenvalue weighted by Crippen LogP contribution is -2.48. The molecule has 1 aromatic carbocycles. The predicted molar refractivity (Wildman–Crippen MR) is 137 cm³/mol. The lowest BCUT2D eigenvalue weighted by Gasteiger charge is -2.40. The van der Waals surface area contributed by atoms with Gasteiger partial charge in [-0.2, -0.15) is 0 Å². The molecule has 3 heterocycles. The van der Waals surface area contributed by atoms with Crippen molar-refractivity contribution < 1.29 is 19.1 Å². The maximum atomic E-state index is 15.7. The number of hydrogen-bond acceptors (Lipinski definition) is 6. The number of nitrogens with zero attached hydrogens (tertiary/aromatic N) is 3. The van der Waals surface area contributed by atoms with Crippen molar-refractivity contribution >= 4 is 28.4 Å². The van der Waals surface area contributed by atoms with E-state index in [0.717, 1.165) is 19.4 Å². The van der Waals surface area contributed by atoms with E-state index in [1.807, 2.05) is 17.7 Å². The molecule has 1 aliphatic rings. The Labute approximate surface area is 215 Å². The number of pyridine rings is 2. The fourth-order valence-electron chi connectivity index (χ4n) is 5.13. The smallest absolute Gasteiger partial charge is 0.249 e. The van der Waals surface area contributed by atoms with Crippen LogP contribution in [0, 0.1) is 5.41 Å². The number of rotatable bonds is 10. The number of aryl methyl sites for hydroxylation is 1. The number of fused-ring (bicyclic) bond motifs is 1. The third kappa shape index (κ3) is 5.94. The second-order valence-corrected chi connectivity index (χ2v) is 9.84. The first kappa shape index (κ1) is 26.3. The van der Waals surface area contributed by atoms with Gasteiger partial charge in [-0.1, -0.05) is 17.7 Å². The SMILES string of the molecule is COc1ccc2ncc(Cl)c([C@H](F)CCC3(C(=O)NO)CCN(CCCc4cccnc4)CC3)c2c1. The Bertz CT molecular complexity index is 1170. The summed E-state index contributed by atoms with van der Waals surface area (Å²) in [6.07, 6.45) is 7.16. The van der Waals surface area contributed by atoms with Crippen LogP contribution in [-0.2, 0) is 11.2 Å². The summed E-state index contributed by atoms with van der Waals surface area (Å²) in [7, 11) is 1.55. The molecule has 192 valence electrons. The number of hydrogen-bond donors (Lipinski definition) is 2. The van der Waals surface area contributed by atoms with E-state index in [4.69, 9.17) is 16.3 Å². The molecule has 2 N–H and O–H groups in total. The molecule has 9 heteroatoms. The highest BCUT2D eigenvalue weighted by Gasteiger charge is 2.41. The third-order valence-corrected chi connectivity index (χ3v) is 7.62. The van der Waals surface area contributed by atoms with Crippen LogP contribution in [0.1, 0.15) is 49.4 Å². The van der Waals surface area contributed by atoms with Crippen LogP contribution in [0.25, 0.3) is 10.9 Å². The minimum atomic E-state index is -1.39. The second kappa shape index (κ2) is 12.0. The van der Waals surface area contributed by atoms with Crippen molar-refractivity contribution in [3.05, 3.63) is 65.1 Å². The Morgan fingerprint density at radius 1 is 1.31 bits per heavy atom. The van der Waals surface area contributed by atoms with Crippen LogP contribution >= 0.6 is 11.6 Å². The van der Waals surface area contributed by atoms with Crippen molar-refractivity contribution in [2.45, 2.75) is 44.7 Å². The molecule has 1 aliphatic heterocycles. The van der Waals surface area contributed by atoms with Gasteiger partial charge in [0.25, 0.3) is 0 Å². The largest absolute Gasteiger partial charge is 0.497 e. The average molecular weight is 515 g/mol. The van der Waals surface area contributed by atoms with E-state index < -0.39 is 17.5 Å². The van der Waals surface area contributed by atoms with Gasteiger partial charge < -0.3 is 9.64 Å². The second-order valence-electron chi connectivity index (χ2n) is 9.44. The number of benzene rings is 1. The minimum absolute atomic E-state index is 0.102. The van der Waals surface area contributed by atoms with Crippen molar-refractivity contribution in [1.29, 1.82) is 0 Å². The number of aromatic nitrogens is 2. The Kier molecular flexibility index (Phi) is 8.72. The summed E-state index contributed by atoms with van der Waals surface area (Å²) < 4.78 is 21.0. The monoisotopic (exact) mass is 514 g/mol. The molecule has 2 aromatic heterocycles. The van der Waals surface area contributed by atoms with Crippen LogP contribution in [0.2, 0.25) is 5.02 Å². The number of ether oxygens (including phenoxy) is 1. The quantitative estimate of drug-likeness (QED) is 0.282. The normalized spacial score (nSPS) is 16.6. The van der Waals surface area contributed by atoms with Crippen LogP contribution in [0.5, 0.6) is 5.75 Å². The molecule has 0 unspecified atom stereocenters. The summed E-state index contributed by atoms with van der Waals surface area (Å²) in [5, 5.41) is 10.3. The summed E-state index contributed by atoms with van der Waals surface area (Å²) in [6, 6.07) is 9.28. The lowest BCUT2D eigenvalue weighted by molar-refractivity contribution is -0.143. The van der Waals surface area contributed by atoms with Crippen LogP contribution in [0.3, 0.4) is 0 Å². The Hall–Kier alpha value is -2.81. The molecule has 7 nitrogen and oxygen atoms in total. The van der Waals surface area contributed by atoms with E-state index in [1.54, 1.807) is 31.5 Å². The maximum absolute atomic E-state index is 15.7. The van der Waals surface area contributed by atoms with Gasteiger partial charge in [-0.3, -0.25) is 20.0 Å². The number of nitrogens with one attached hydrogen (secondary N) is 1. The van der Waals surface area contributed by atoms with Crippen LogP contribution < -0.4 is 10.2 Å². The Balaban J connectivity index is 1.40. The van der Waals surface area contributed by atoms with Crippen LogP contribution in [-0.4, -0.2) is 52.7 Å². The molecule has 4 rings (SSSR count). The summed E-state index contributed by atoms with van der Waals surface area (Å²) in [4.78, 5) is 23.5. The molecule has 36 heavy (non-hydrogen) atoms. The number of likely N-dealkylation sites (tertiary alicyclic amines) is 1. The fourth-order valence-corrected chi connectivity index (χ4v) is 5.40. The van der Waals surface area contributed by atoms with E-state index in [1.165, 1.54) is 11.8 Å². The van der Waals surface area contributed by atoms with E-state index in [9.17, 15) is 10.0 Å². The maximum Gasteiger partial charge on any atom is 0.249 e. The Morgan fingerprint density at radius 2 is 2.11 bits per heavy atom. The minimum Gasteiger partial charge on any atom is -0.497 e. The van der Waals surface area contributed by atoms with Gasteiger partial charge in [0.2, 0.25) is 5.91 Å². The highest BCUT2D eigenvalue weighted by atomic mass is 35.5. The van der Waals surface area contributed by atoms with Gasteiger partial charge in [-0.05, 0) is 88.0 Å². The summed E-state index contributed by atoms with van der Waals surface area (Å²) >= 11 is 6.38. The average Bonchev–Trinajstić information content (AvgIpc) is 2.92. The Morgan fingerprint density at radius 3 is 2.81 bits per heavy atom. The number of amides is 1. The first-order chi connectivity index (χ1) is 17.5. The predicted octanol–water partition coefficient (Wildman–Crippen LogP) is 5.30. The van der Waals surface area contributed by atoms with Crippen molar-refractivity contribution in [3.8, 4) is 5.75 Å². The molecule has 0 aliphatic carbocycles. The van der Waals surface area contributed by atoms with Gasteiger partial charge in [-0.25, -0.2) is 9.87 Å². The molecule has 0 radical (unpaired) electrons. The molecule has 0 spiro atoms. The lowest BCUT2D eigenvalue weighted by atomic mass is 9.73. The zero-order valence-electron chi connectivity index (χ0n) is 20.4. The molecule has 0 bridgehead atoms. The van der Waals surface area contributed by atoms with Crippen molar-refractivity contribution in [2.75, 3.05) is 26.7 Å². The number of methoxy groups -OCH3 is 1. The van der Waals surface area contributed by atoms with Gasteiger partial charge in [0.1, 0.15) is 11.9 Å². The van der Waals surface area contributed by atoms with E-state index in [2.05, 4.69) is 20.9 Å². The van der Waals surface area contributed by atoms with Crippen LogP contribution in [0.15, 0.2) is 48.9 Å². The number of alkyl halides is 1. The molecule has 1 saturated heterocycles. The number of carbonyl (C=O) groups is 1. The van der Waals surface area contributed by atoms with Gasteiger partial charge in [-0.15, -0.1) is 0 Å². The number of carbonyl (C=O) groups excluding carboxylic acids is 1. The highest BCUT2D eigenvalue weighted by molar-refractivity contribution is 6.32. The molecule has 1 amide bonds. The zero-order valence-corrected chi connectivity index (χ0v) is 21.2. The van der Waals surface area contributed by atoms with E-state index >= 15 is 4.39 Å². The standard InChI is InChI=1S/C27H32ClFN4O3/c1-36-20-6-7-24-21(16-20)25(22(28)18-31-24)23(29)8-9-27(26(34)32-35)10-14-33(15-11-27)13-3-5-19-4-2-12-30-17-19/h2,4,6-7,12,16-18,23,35H,3,5,8-11,13-15H2,1H3,(H,32,34)/t23-/m1/s1. The summed E-state index contributed by atoms with van der Waals surface area (Å²) in [6.45, 7) is 2.35. The molecule has 1 fully saturated rings. The van der Waals surface area contributed by atoms with Crippen molar-refractivity contribution in [3.63, 3.8) is 0 Å². The topological polar surface area (TPSA) is 87.6 Å². The first-order valence-electron chi connectivity index (χ1n) is 12.3. The van der Waals surface area contributed by atoms with E-state index in [-0.39, 0.29) is 11.4 Å². The van der Waals surface area contributed by atoms with E-state index in [0.29, 0.717) is 54.6 Å². The van der Waals surface area contributed by atoms with Crippen LogP contribution in [0.4, 0.5) is 4.39 Å². The van der Waals surface area contributed by atoms with Gasteiger partial charge in [0, 0.05) is 29.5 Å². The molecule has 1 atom stereocenters. The van der Waals surface area contributed by atoms with Gasteiger partial charge in [0.15, 0.2) is 0 Å². The fraction of sp³-hybridized carbons (Fsp3) is 0.444. The first-order valence-corrected chi connectivity index (χ1v) is 12.7. The van der Waals surface area contributed by atoms with Crippen molar-refractivity contribution in [2.24, 2.45) is 5.41 Å². The molecule has 0 saturated carbocycles. The van der Waals surface area contributed by atoms with Gasteiger partial charge in [0.05, 0.1) is 23.1 Å². The number of piperidine rings is 1. The summed E-state index contributed by atoms with van der Waals surface area (Å²) in [5.41, 5.74) is 3.19. The molecule has 3 aromatic rings. The van der Waals surface area contributed by atoms with Crippen molar-refractivity contribution in [1.82, 2.24) is 20.3 Å². The number of halogens is 2. The highest BCUT2D eigenvalue weighted by Crippen LogP contribution is 2.42. The number of hydroxylamine groups is 1. The summed E-state index contributed by atoms with van der Waals surface area (Å²) in [5.74, 6) is 0.143. The molecular weight excluding hydrogens is 483 g/mol. The van der Waals surface area contributed by atoms with Gasteiger partial charge >= 0.3 is 0 Å².